The van der Waals surface area contributed by atoms with Gasteiger partial charge in [-0.2, -0.15) is 0 Å². The van der Waals surface area contributed by atoms with Gasteiger partial charge in [0.2, 0.25) is 0 Å². The Bertz CT molecular complexity index is 1310. The number of benzene rings is 3. The van der Waals surface area contributed by atoms with E-state index in [2.05, 4.69) is 10.3 Å². The molecule has 0 bridgehead atoms. The molecule has 1 heterocycles. The molecule has 1 aliphatic carbocycles. The molecular weight excluding hydrogens is 441 g/mol. The lowest BCUT2D eigenvalue weighted by Crippen LogP contribution is -2.45. The Hall–Kier alpha value is -3.74. The summed E-state index contributed by atoms with van der Waals surface area (Å²) in [5.74, 6) is -1.46. The fraction of sp³-hybridized carbons (Fsp3) is 0.222. The summed E-state index contributed by atoms with van der Waals surface area (Å²) < 4.78 is 47.2. The first kappa shape index (κ1) is 22.1. The van der Waals surface area contributed by atoms with E-state index in [0.29, 0.717) is 23.1 Å². The van der Waals surface area contributed by atoms with Gasteiger partial charge < -0.3 is 15.0 Å². The van der Waals surface area contributed by atoms with E-state index in [1.165, 1.54) is 18.2 Å². The van der Waals surface area contributed by atoms with Gasteiger partial charge in [0.05, 0.1) is 5.52 Å². The third-order valence-electron chi connectivity index (χ3n) is 6.33. The second-order valence-electron chi connectivity index (χ2n) is 8.74. The maximum Gasteiger partial charge on any atom is 0.407 e. The van der Waals surface area contributed by atoms with Gasteiger partial charge in [0, 0.05) is 23.2 Å². The highest BCUT2D eigenvalue weighted by atomic mass is 19.1. The number of carbonyl (C=O) groups excluding carboxylic acids is 1. The van der Waals surface area contributed by atoms with Gasteiger partial charge in [-0.05, 0) is 72.2 Å². The fourth-order valence-corrected chi connectivity index (χ4v) is 4.59. The van der Waals surface area contributed by atoms with Gasteiger partial charge in [0.15, 0.2) is 0 Å². The highest BCUT2D eigenvalue weighted by molar-refractivity contribution is 5.91. The van der Waals surface area contributed by atoms with Gasteiger partial charge in [-0.15, -0.1) is 0 Å². The van der Waals surface area contributed by atoms with E-state index in [0.717, 1.165) is 30.0 Å². The van der Waals surface area contributed by atoms with Crippen LogP contribution in [0.15, 0.2) is 66.7 Å². The highest BCUT2D eigenvalue weighted by Crippen LogP contribution is 2.38. The Kier molecular flexibility index (Phi) is 6.01. The first-order valence-electron chi connectivity index (χ1n) is 11.2. The van der Waals surface area contributed by atoms with Crippen LogP contribution in [-0.4, -0.2) is 17.1 Å². The van der Waals surface area contributed by atoms with Crippen molar-refractivity contribution in [3.05, 3.63) is 95.3 Å². The zero-order chi connectivity index (χ0) is 23.7. The molecule has 1 amide bonds. The molecule has 174 valence electrons. The van der Waals surface area contributed by atoms with Crippen molar-refractivity contribution in [1.82, 2.24) is 10.3 Å². The molecule has 0 saturated heterocycles. The Morgan fingerprint density at radius 2 is 1.71 bits per heavy atom. The van der Waals surface area contributed by atoms with E-state index in [1.807, 2.05) is 30.3 Å². The summed E-state index contributed by atoms with van der Waals surface area (Å²) in [5, 5.41) is 3.36. The second-order valence-corrected chi connectivity index (χ2v) is 8.74. The van der Waals surface area contributed by atoms with Gasteiger partial charge in [-0.25, -0.2) is 18.0 Å². The topological polar surface area (TPSA) is 54.1 Å². The third kappa shape index (κ3) is 4.64. The van der Waals surface area contributed by atoms with Crippen LogP contribution in [0.4, 0.5) is 18.0 Å². The largest absolute Gasteiger partial charge is 0.445 e. The van der Waals surface area contributed by atoms with Crippen molar-refractivity contribution in [1.29, 1.82) is 0 Å². The number of hydrogen-bond donors (Lipinski definition) is 2. The van der Waals surface area contributed by atoms with Crippen LogP contribution in [0.3, 0.4) is 0 Å². The van der Waals surface area contributed by atoms with E-state index in [4.69, 9.17) is 4.74 Å². The molecule has 7 heteroatoms. The van der Waals surface area contributed by atoms with Gasteiger partial charge >= 0.3 is 6.09 Å². The van der Waals surface area contributed by atoms with E-state index in [9.17, 15) is 18.0 Å². The number of rotatable bonds is 6. The van der Waals surface area contributed by atoms with E-state index < -0.39 is 17.7 Å². The summed E-state index contributed by atoms with van der Waals surface area (Å²) >= 11 is 0. The van der Waals surface area contributed by atoms with Crippen LogP contribution in [0.25, 0.3) is 22.2 Å². The van der Waals surface area contributed by atoms with Crippen molar-refractivity contribution in [2.45, 2.75) is 31.9 Å². The number of nitrogens with one attached hydrogen (secondary N) is 2. The molecule has 2 N–H and O–H groups in total. The maximum atomic E-state index is 14.5. The third-order valence-corrected chi connectivity index (χ3v) is 6.33. The fourth-order valence-electron chi connectivity index (χ4n) is 4.59. The maximum absolute atomic E-state index is 14.5. The summed E-state index contributed by atoms with van der Waals surface area (Å²) in [7, 11) is 0. The smallest absolute Gasteiger partial charge is 0.407 e. The van der Waals surface area contributed by atoms with Crippen LogP contribution in [0.5, 0.6) is 0 Å². The summed E-state index contributed by atoms with van der Waals surface area (Å²) in [4.78, 5) is 15.2. The summed E-state index contributed by atoms with van der Waals surface area (Å²) in [6.07, 6.45) is 1.57. The summed E-state index contributed by atoms with van der Waals surface area (Å²) in [6.45, 7) is 0.205. The van der Waals surface area contributed by atoms with Gasteiger partial charge in [0.25, 0.3) is 0 Å². The molecule has 0 radical (unpaired) electrons. The van der Waals surface area contributed by atoms with Crippen molar-refractivity contribution in [2.24, 2.45) is 5.92 Å². The number of hydrogen-bond acceptors (Lipinski definition) is 2. The predicted molar refractivity (Wildman–Crippen MR) is 124 cm³/mol. The second kappa shape index (κ2) is 9.25. The molecule has 1 aromatic heterocycles. The number of fused-ring (bicyclic) bond motifs is 1. The van der Waals surface area contributed by atoms with Crippen LogP contribution in [0.1, 0.15) is 24.0 Å². The molecule has 0 unspecified atom stereocenters. The Morgan fingerprint density at radius 1 is 0.971 bits per heavy atom. The first-order chi connectivity index (χ1) is 16.5. The van der Waals surface area contributed by atoms with Crippen LogP contribution < -0.4 is 5.32 Å². The molecule has 0 spiro atoms. The molecule has 1 fully saturated rings. The van der Waals surface area contributed by atoms with Crippen molar-refractivity contribution >= 4 is 17.0 Å². The Balaban J connectivity index is 1.27. The number of amides is 1. The predicted octanol–water partition coefficient (Wildman–Crippen LogP) is 6.50. The van der Waals surface area contributed by atoms with Crippen molar-refractivity contribution in [3.63, 3.8) is 0 Å². The molecule has 4 aromatic rings. The molecule has 0 aliphatic heterocycles. The van der Waals surface area contributed by atoms with Gasteiger partial charge in [0.1, 0.15) is 24.1 Å². The Labute approximate surface area is 194 Å². The SMILES string of the molecule is O=C(NC1CC(Cc2c(-c3ccc(F)cc3)[nH]c3c(F)cc(F)cc23)C1)OCc1ccccc1. The first-order valence-corrected chi connectivity index (χ1v) is 11.2. The molecule has 5 rings (SSSR count). The number of aromatic nitrogens is 1. The number of carbonyl (C=O) groups is 1. The van der Waals surface area contributed by atoms with E-state index in [1.54, 1.807) is 12.1 Å². The van der Waals surface area contributed by atoms with E-state index >= 15 is 0 Å². The number of aromatic amines is 1. The van der Waals surface area contributed by atoms with Crippen LogP contribution in [0, 0.1) is 23.4 Å². The van der Waals surface area contributed by atoms with Crippen LogP contribution >= 0.6 is 0 Å². The molecule has 0 atom stereocenters. The zero-order valence-corrected chi connectivity index (χ0v) is 18.3. The normalized spacial score (nSPS) is 17.4. The van der Waals surface area contributed by atoms with E-state index in [-0.39, 0.29) is 29.9 Å². The molecule has 4 nitrogen and oxygen atoms in total. The molecular formula is C27H23F3N2O2. The molecule has 34 heavy (non-hydrogen) atoms. The van der Waals surface area contributed by atoms with Crippen LogP contribution in [0.2, 0.25) is 0 Å². The van der Waals surface area contributed by atoms with Crippen LogP contribution in [-0.2, 0) is 17.8 Å². The minimum atomic E-state index is -0.668. The quantitative estimate of drug-likeness (QED) is 0.342. The standard InChI is InChI=1S/C27H23F3N2O2/c28-19-8-6-18(7-9-19)25-22(23-13-20(29)14-24(30)26(23)32-25)12-17-10-21(11-17)31-27(33)34-15-16-4-2-1-3-5-16/h1-9,13-14,17,21,32H,10-12,15H2,(H,31,33). The molecule has 1 saturated carbocycles. The highest BCUT2D eigenvalue weighted by Gasteiger charge is 2.32. The van der Waals surface area contributed by atoms with Crippen molar-refractivity contribution in [2.75, 3.05) is 0 Å². The number of alkyl carbamates (subject to hydrolysis) is 1. The Morgan fingerprint density at radius 3 is 2.44 bits per heavy atom. The molecule has 3 aromatic carbocycles. The minimum Gasteiger partial charge on any atom is -0.445 e. The lowest BCUT2D eigenvalue weighted by atomic mass is 9.76. The average Bonchev–Trinajstić information content (AvgIpc) is 3.16. The number of H-pyrrole nitrogens is 1. The summed E-state index contributed by atoms with van der Waals surface area (Å²) in [5.41, 5.74) is 3.28. The van der Waals surface area contributed by atoms with Crippen molar-refractivity contribution in [3.8, 4) is 11.3 Å². The summed E-state index contributed by atoms with van der Waals surface area (Å²) in [6, 6.07) is 17.5. The number of ether oxygens (including phenoxy) is 1. The number of halogens is 3. The van der Waals surface area contributed by atoms with Crippen molar-refractivity contribution < 1.29 is 22.7 Å². The monoisotopic (exact) mass is 464 g/mol. The molecule has 1 aliphatic rings. The average molecular weight is 464 g/mol. The zero-order valence-electron chi connectivity index (χ0n) is 18.3. The van der Waals surface area contributed by atoms with Gasteiger partial charge in [-0.3, -0.25) is 0 Å². The van der Waals surface area contributed by atoms with Gasteiger partial charge in [-0.1, -0.05) is 30.3 Å². The lowest BCUT2D eigenvalue weighted by molar-refractivity contribution is 0.122. The lowest BCUT2D eigenvalue weighted by Gasteiger charge is -2.35. The minimum absolute atomic E-state index is 0.0128.